The van der Waals surface area contributed by atoms with Crippen LogP contribution >= 0.6 is 0 Å². The van der Waals surface area contributed by atoms with Crippen molar-refractivity contribution in [2.75, 3.05) is 0 Å². The van der Waals surface area contributed by atoms with Crippen LogP contribution in [0.15, 0.2) is 0 Å². The Morgan fingerprint density at radius 2 is 1.22 bits per heavy atom. The quantitative estimate of drug-likeness (QED) is 0.318. The van der Waals surface area contributed by atoms with E-state index < -0.39 is 5.97 Å². The number of hydrogen-bond donors (Lipinski definition) is 1. The standard InChI is InChI=1S/C21H40N4O2/c1-2-3-4-5-6-7-8-9-10-11-12-13-14-15-16-17-18-25-20(19-21(26)27)22-23-24-25/h2-19H2,1H3,(H,26,27). The molecule has 0 bridgehead atoms. The first-order chi connectivity index (χ1) is 13.2. The first-order valence-corrected chi connectivity index (χ1v) is 11.2. The van der Waals surface area contributed by atoms with E-state index in [1.165, 1.54) is 89.9 Å². The number of unbranched alkanes of at least 4 members (excludes halogenated alkanes) is 15. The Hall–Kier alpha value is -1.46. The number of carbonyl (C=O) groups is 1. The molecule has 1 heterocycles. The number of tetrazole rings is 1. The van der Waals surface area contributed by atoms with Gasteiger partial charge in [0.2, 0.25) is 0 Å². The summed E-state index contributed by atoms with van der Waals surface area (Å²) in [7, 11) is 0. The highest BCUT2D eigenvalue weighted by Gasteiger charge is 2.09. The summed E-state index contributed by atoms with van der Waals surface area (Å²) in [6.07, 6.45) is 21.4. The minimum atomic E-state index is -0.891. The first-order valence-electron chi connectivity index (χ1n) is 11.2. The lowest BCUT2D eigenvalue weighted by Crippen LogP contribution is -2.10. The largest absolute Gasteiger partial charge is 0.481 e. The molecule has 0 radical (unpaired) electrons. The van der Waals surface area contributed by atoms with Gasteiger partial charge in [0.05, 0.1) is 0 Å². The third-order valence-electron chi connectivity index (χ3n) is 5.14. The predicted molar refractivity (Wildman–Crippen MR) is 109 cm³/mol. The monoisotopic (exact) mass is 380 g/mol. The Labute approximate surface area is 165 Å². The van der Waals surface area contributed by atoms with Crippen molar-refractivity contribution in [3.05, 3.63) is 5.82 Å². The molecule has 0 aliphatic rings. The maximum Gasteiger partial charge on any atom is 0.311 e. The summed E-state index contributed by atoms with van der Waals surface area (Å²) in [5.41, 5.74) is 0. The second kappa shape index (κ2) is 16.7. The van der Waals surface area contributed by atoms with Gasteiger partial charge in [-0.3, -0.25) is 4.79 Å². The fraction of sp³-hybridized carbons (Fsp3) is 0.905. The second-order valence-electron chi connectivity index (χ2n) is 7.69. The van der Waals surface area contributed by atoms with Crippen molar-refractivity contribution >= 4 is 5.97 Å². The average Bonchev–Trinajstić information content (AvgIpc) is 3.07. The van der Waals surface area contributed by atoms with Crippen molar-refractivity contribution in [1.29, 1.82) is 0 Å². The lowest BCUT2D eigenvalue weighted by molar-refractivity contribution is -0.136. The highest BCUT2D eigenvalue weighted by atomic mass is 16.4. The molecule has 1 N–H and O–H groups in total. The SMILES string of the molecule is CCCCCCCCCCCCCCCCCCn1nnnc1CC(=O)O. The van der Waals surface area contributed by atoms with Crippen LogP contribution in [-0.2, 0) is 17.8 Å². The van der Waals surface area contributed by atoms with Crippen LogP contribution in [-0.4, -0.2) is 31.3 Å². The molecule has 6 heteroatoms. The predicted octanol–water partition coefficient (Wildman–Crippen LogP) is 5.56. The van der Waals surface area contributed by atoms with Crippen molar-refractivity contribution in [2.24, 2.45) is 0 Å². The summed E-state index contributed by atoms with van der Waals surface area (Å²) in [4.78, 5) is 10.7. The van der Waals surface area contributed by atoms with E-state index in [4.69, 9.17) is 5.11 Å². The molecule has 0 fully saturated rings. The van der Waals surface area contributed by atoms with Crippen molar-refractivity contribution in [2.45, 2.75) is 123 Å². The average molecular weight is 381 g/mol. The van der Waals surface area contributed by atoms with E-state index in [0.29, 0.717) is 12.4 Å². The summed E-state index contributed by atoms with van der Waals surface area (Å²) in [6.45, 7) is 2.99. The smallest absolute Gasteiger partial charge is 0.311 e. The summed E-state index contributed by atoms with van der Waals surface area (Å²) in [5.74, 6) is -0.443. The Morgan fingerprint density at radius 1 is 0.778 bits per heavy atom. The lowest BCUT2D eigenvalue weighted by atomic mass is 10.0. The first kappa shape index (κ1) is 23.6. The normalized spacial score (nSPS) is 11.1. The van der Waals surface area contributed by atoms with E-state index in [1.54, 1.807) is 4.68 Å². The van der Waals surface area contributed by atoms with Crippen molar-refractivity contribution < 1.29 is 9.90 Å². The Kier molecular flexibility index (Phi) is 14.6. The van der Waals surface area contributed by atoms with Gasteiger partial charge >= 0.3 is 5.97 Å². The Balaban J connectivity index is 1.82. The fourth-order valence-corrected chi connectivity index (χ4v) is 3.47. The minimum Gasteiger partial charge on any atom is -0.481 e. The van der Waals surface area contributed by atoms with E-state index in [9.17, 15) is 4.79 Å². The number of rotatable bonds is 19. The van der Waals surface area contributed by atoms with E-state index in [0.717, 1.165) is 12.8 Å². The molecule has 0 saturated carbocycles. The number of aryl methyl sites for hydroxylation is 1. The van der Waals surface area contributed by atoms with Gasteiger partial charge in [-0.05, 0) is 16.8 Å². The number of nitrogens with zero attached hydrogens (tertiary/aromatic N) is 4. The summed E-state index contributed by atoms with van der Waals surface area (Å²) in [6, 6.07) is 0. The Morgan fingerprint density at radius 3 is 1.67 bits per heavy atom. The van der Waals surface area contributed by atoms with Gasteiger partial charge in [0.15, 0.2) is 5.82 Å². The second-order valence-corrected chi connectivity index (χ2v) is 7.69. The maximum atomic E-state index is 10.7. The van der Waals surface area contributed by atoms with Crippen LogP contribution < -0.4 is 0 Å². The van der Waals surface area contributed by atoms with E-state index in [-0.39, 0.29) is 6.42 Å². The summed E-state index contributed by atoms with van der Waals surface area (Å²) in [5, 5.41) is 20.0. The Bertz CT molecular complexity index is 477. The molecule has 0 saturated heterocycles. The van der Waals surface area contributed by atoms with Gasteiger partial charge in [0, 0.05) is 6.54 Å². The molecule has 0 aromatic carbocycles. The van der Waals surface area contributed by atoms with Gasteiger partial charge in [-0.15, -0.1) is 5.10 Å². The molecule has 1 rings (SSSR count). The highest BCUT2D eigenvalue weighted by molar-refractivity contribution is 5.68. The third-order valence-corrected chi connectivity index (χ3v) is 5.14. The van der Waals surface area contributed by atoms with Gasteiger partial charge in [0.25, 0.3) is 0 Å². The van der Waals surface area contributed by atoms with Crippen LogP contribution in [0.2, 0.25) is 0 Å². The van der Waals surface area contributed by atoms with Crippen LogP contribution in [0, 0.1) is 0 Å². The van der Waals surface area contributed by atoms with Crippen LogP contribution in [0.25, 0.3) is 0 Å². The van der Waals surface area contributed by atoms with Gasteiger partial charge in [-0.1, -0.05) is 103 Å². The molecule has 0 aliphatic heterocycles. The molecular weight excluding hydrogens is 340 g/mol. The lowest BCUT2D eigenvalue weighted by Gasteiger charge is -2.04. The van der Waals surface area contributed by atoms with Crippen molar-refractivity contribution in [3.63, 3.8) is 0 Å². The molecular formula is C21H40N4O2. The van der Waals surface area contributed by atoms with Gasteiger partial charge in [0.1, 0.15) is 6.42 Å². The van der Waals surface area contributed by atoms with E-state index in [2.05, 4.69) is 22.4 Å². The molecule has 0 amide bonds. The molecule has 27 heavy (non-hydrogen) atoms. The molecule has 156 valence electrons. The van der Waals surface area contributed by atoms with Gasteiger partial charge < -0.3 is 5.11 Å². The van der Waals surface area contributed by atoms with Crippen molar-refractivity contribution in [1.82, 2.24) is 20.2 Å². The summed E-state index contributed by atoms with van der Waals surface area (Å²) >= 11 is 0. The van der Waals surface area contributed by atoms with Crippen molar-refractivity contribution in [3.8, 4) is 0 Å². The fourth-order valence-electron chi connectivity index (χ4n) is 3.47. The zero-order valence-corrected chi connectivity index (χ0v) is 17.4. The van der Waals surface area contributed by atoms with Crippen LogP contribution in [0.3, 0.4) is 0 Å². The van der Waals surface area contributed by atoms with E-state index >= 15 is 0 Å². The number of carboxylic acid groups (broad SMARTS) is 1. The third kappa shape index (κ3) is 13.4. The number of aromatic nitrogens is 4. The molecule has 0 unspecified atom stereocenters. The highest BCUT2D eigenvalue weighted by Crippen LogP contribution is 2.13. The van der Waals surface area contributed by atoms with E-state index in [1.807, 2.05) is 0 Å². The van der Waals surface area contributed by atoms with Crippen LogP contribution in [0.5, 0.6) is 0 Å². The molecule has 0 aliphatic carbocycles. The van der Waals surface area contributed by atoms with Gasteiger partial charge in [-0.25, -0.2) is 4.68 Å². The number of carboxylic acids is 1. The molecule has 0 spiro atoms. The molecule has 0 atom stereocenters. The number of aliphatic carboxylic acids is 1. The van der Waals surface area contributed by atoms with Crippen LogP contribution in [0.1, 0.15) is 115 Å². The zero-order valence-electron chi connectivity index (χ0n) is 17.4. The number of hydrogen-bond acceptors (Lipinski definition) is 4. The maximum absolute atomic E-state index is 10.7. The summed E-state index contributed by atoms with van der Waals surface area (Å²) < 4.78 is 1.62. The van der Waals surface area contributed by atoms with Crippen LogP contribution in [0.4, 0.5) is 0 Å². The topological polar surface area (TPSA) is 80.9 Å². The molecule has 1 aromatic heterocycles. The van der Waals surface area contributed by atoms with Gasteiger partial charge in [-0.2, -0.15) is 0 Å². The molecule has 6 nitrogen and oxygen atoms in total. The molecule has 1 aromatic rings. The zero-order chi connectivity index (χ0) is 19.6. The minimum absolute atomic E-state index is 0.105.